The van der Waals surface area contributed by atoms with Gasteiger partial charge in [0.05, 0.1) is 0 Å². The van der Waals surface area contributed by atoms with Gasteiger partial charge in [-0.25, -0.2) is 0 Å². The van der Waals surface area contributed by atoms with Crippen molar-refractivity contribution in [1.82, 2.24) is 5.43 Å². The van der Waals surface area contributed by atoms with Gasteiger partial charge >= 0.3 is 0 Å². The van der Waals surface area contributed by atoms with Crippen LogP contribution in [0, 0.1) is 11.3 Å². The van der Waals surface area contributed by atoms with Crippen LogP contribution in [0.5, 0.6) is 0 Å². The number of hydrazine groups is 1. The Hall–Kier alpha value is -0.340. The molecule has 2 nitrogen and oxygen atoms in total. The van der Waals surface area contributed by atoms with Gasteiger partial charge in [-0.15, -0.1) is 0 Å². The fourth-order valence-electron chi connectivity index (χ4n) is 3.94. The largest absolute Gasteiger partial charge is 0.271 e. The molecule has 2 rings (SSSR count). The van der Waals surface area contributed by atoms with E-state index in [1.165, 1.54) is 57.8 Å². The highest BCUT2D eigenvalue weighted by atomic mass is 15.2. The average Bonchev–Trinajstić information content (AvgIpc) is 2.61. The summed E-state index contributed by atoms with van der Waals surface area (Å²) in [6.45, 7) is 4.86. The maximum Gasteiger partial charge on any atom is 0.0453 e. The molecule has 2 aliphatic carbocycles. The van der Waals surface area contributed by atoms with E-state index >= 15 is 0 Å². The highest BCUT2D eigenvalue weighted by Gasteiger charge is 2.38. The number of nitrogens with one attached hydrogen (secondary N) is 1. The highest BCUT2D eigenvalue weighted by molar-refractivity contribution is 5.15. The molecule has 0 amide bonds. The Kier molecular flexibility index (Phi) is 4.85. The zero-order valence-corrected chi connectivity index (χ0v) is 12.2. The number of hydrogen-bond donors (Lipinski definition) is 2. The van der Waals surface area contributed by atoms with E-state index in [-0.39, 0.29) is 0 Å². The molecule has 0 aromatic rings. The van der Waals surface area contributed by atoms with Crippen LogP contribution in [0.25, 0.3) is 0 Å². The van der Waals surface area contributed by atoms with E-state index < -0.39 is 0 Å². The van der Waals surface area contributed by atoms with Crippen LogP contribution in [0.1, 0.15) is 71.6 Å². The van der Waals surface area contributed by atoms with Gasteiger partial charge in [0.15, 0.2) is 0 Å². The Labute approximate surface area is 112 Å². The van der Waals surface area contributed by atoms with Gasteiger partial charge in [-0.2, -0.15) is 0 Å². The summed E-state index contributed by atoms with van der Waals surface area (Å²) in [5.74, 6) is 6.62. The molecule has 0 saturated heterocycles. The molecule has 0 aromatic heterocycles. The number of rotatable bonds is 3. The van der Waals surface area contributed by atoms with Crippen molar-refractivity contribution >= 4 is 0 Å². The minimum atomic E-state index is 0.415. The molecular formula is C16H30N2. The monoisotopic (exact) mass is 250 g/mol. The van der Waals surface area contributed by atoms with E-state index in [2.05, 4.69) is 25.3 Å². The summed E-state index contributed by atoms with van der Waals surface area (Å²) in [5, 5.41) is 0. The van der Waals surface area contributed by atoms with Gasteiger partial charge in [-0.1, -0.05) is 44.8 Å². The molecular weight excluding hydrogens is 220 g/mol. The molecule has 0 radical (unpaired) electrons. The SMILES string of the molecule is CC1(C)CCCCC1C(NN)C1=CCCCCC1. The Morgan fingerprint density at radius 3 is 2.78 bits per heavy atom. The van der Waals surface area contributed by atoms with Crippen molar-refractivity contribution in [2.45, 2.75) is 77.7 Å². The summed E-state index contributed by atoms with van der Waals surface area (Å²) in [6.07, 6.45) is 14.5. The lowest BCUT2D eigenvalue weighted by Gasteiger charge is -2.44. The van der Waals surface area contributed by atoms with Gasteiger partial charge in [0, 0.05) is 6.04 Å². The fraction of sp³-hybridized carbons (Fsp3) is 0.875. The molecule has 2 aliphatic rings. The normalized spacial score (nSPS) is 30.4. The molecule has 18 heavy (non-hydrogen) atoms. The third kappa shape index (κ3) is 3.16. The third-order valence-electron chi connectivity index (χ3n) is 5.15. The van der Waals surface area contributed by atoms with Crippen molar-refractivity contribution in [2.75, 3.05) is 0 Å². The predicted molar refractivity (Wildman–Crippen MR) is 78.0 cm³/mol. The summed E-state index contributed by atoms with van der Waals surface area (Å²) in [7, 11) is 0. The van der Waals surface area contributed by atoms with E-state index in [4.69, 9.17) is 5.84 Å². The molecule has 3 N–H and O–H groups in total. The van der Waals surface area contributed by atoms with Gasteiger partial charge in [0.1, 0.15) is 0 Å². The highest BCUT2D eigenvalue weighted by Crippen LogP contribution is 2.44. The maximum absolute atomic E-state index is 5.92. The average molecular weight is 250 g/mol. The van der Waals surface area contributed by atoms with Crippen molar-refractivity contribution < 1.29 is 0 Å². The van der Waals surface area contributed by atoms with Crippen LogP contribution in [0.15, 0.2) is 11.6 Å². The van der Waals surface area contributed by atoms with Crippen LogP contribution in [0.2, 0.25) is 0 Å². The standard InChI is InChI=1S/C16H30N2/c1-16(2)12-8-7-11-14(16)15(18-17)13-9-5-3-4-6-10-13/h9,14-15,18H,3-8,10-12,17H2,1-2H3. The summed E-state index contributed by atoms with van der Waals surface area (Å²) in [5.41, 5.74) is 5.18. The summed E-state index contributed by atoms with van der Waals surface area (Å²) in [4.78, 5) is 0. The van der Waals surface area contributed by atoms with Crippen LogP contribution in [-0.2, 0) is 0 Å². The molecule has 0 aliphatic heterocycles. The minimum absolute atomic E-state index is 0.415. The lowest BCUT2D eigenvalue weighted by molar-refractivity contribution is 0.109. The first kappa shape index (κ1) is 14.1. The van der Waals surface area contributed by atoms with Crippen molar-refractivity contribution in [3.05, 3.63) is 11.6 Å². The number of hydrogen-bond acceptors (Lipinski definition) is 2. The van der Waals surface area contributed by atoms with Crippen LogP contribution < -0.4 is 11.3 Å². The van der Waals surface area contributed by atoms with Gasteiger partial charge in [0.2, 0.25) is 0 Å². The Balaban J connectivity index is 2.13. The lowest BCUT2D eigenvalue weighted by Crippen LogP contribution is -2.48. The summed E-state index contributed by atoms with van der Waals surface area (Å²) >= 11 is 0. The second kappa shape index (κ2) is 6.21. The second-order valence-electron chi connectivity index (χ2n) is 6.86. The zero-order valence-electron chi connectivity index (χ0n) is 12.2. The van der Waals surface area contributed by atoms with Crippen molar-refractivity contribution in [1.29, 1.82) is 0 Å². The van der Waals surface area contributed by atoms with Gasteiger partial charge in [0.25, 0.3) is 0 Å². The van der Waals surface area contributed by atoms with Crippen molar-refractivity contribution in [2.24, 2.45) is 17.2 Å². The first-order valence-corrected chi connectivity index (χ1v) is 7.80. The quantitative estimate of drug-likeness (QED) is 0.452. The van der Waals surface area contributed by atoms with Crippen molar-refractivity contribution in [3.63, 3.8) is 0 Å². The minimum Gasteiger partial charge on any atom is -0.271 e. The van der Waals surface area contributed by atoms with Crippen molar-refractivity contribution in [3.8, 4) is 0 Å². The molecule has 2 heteroatoms. The van der Waals surface area contributed by atoms with Gasteiger partial charge in [-0.3, -0.25) is 11.3 Å². The first-order chi connectivity index (χ1) is 8.65. The van der Waals surface area contributed by atoms with E-state index in [9.17, 15) is 0 Å². The second-order valence-corrected chi connectivity index (χ2v) is 6.86. The molecule has 0 spiro atoms. The smallest absolute Gasteiger partial charge is 0.0453 e. The Bertz CT molecular complexity index is 293. The molecule has 104 valence electrons. The zero-order chi connectivity index (χ0) is 13.0. The van der Waals surface area contributed by atoms with Crippen LogP contribution in [-0.4, -0.2) is 6.04 Å². The molecule has 0 heterocycles. The Morgan fingerprint density at radius 2 is 2.06 bits per heavy atom. The molecule has 1 saturated carbocycles. The number of allylic oxidation sites excluding steroid dienone is 1. The van der Waals surface area contributed by atoms with Crippen LogP contribution >= 0.6 is 0 Å². The molecule has 0 aromatic carbocycles. The van der Waals surface area contributed by atoms with E-state index in [1.807, 2.05) is 0 Å². The molecule has 0 bridgehead atoms. The van der Waals surface area contributed by atoms with Gasteiger partial charge in [-0.05, 0) is 49.9 Å². The number of nitrogens with two attached hydrogens (primary N) is 1. The fourth-order valence-corrected chi connectivity index (χ4v) is 3.94. The van der Waals surface area contributed by atoms with Crippen LogP contribution in [0.3, 0.4) is 0 Å². The molecule has 1 fully saturated rings. The van der Waals surface area contributed by atoms with E-state index in [0.717, 1.165) is 0 Å². The summed E-state index contributed by atoms with van der Waals surface area (Å²) in [6, 6.07) is 0.415. The van der Waals surface area contributed by atoms with E-state index in [0.29, 0.717) is 17.4 Å². The topological polar surface area (TPSA) is 38.0 Å². The molecule has 2 atom stereocenters. The van der Waals surface area contributed by atoms with Gasteiger partial charge < -0.3 is 0 Å². The predicted octanol–water partition coefficient (Wildman–Crippen LogP) is 3.93. The first-order valence-electron chi connectivity index (χ1n) is 7.80. The maximum atomic E-state index is 5.92. The Morgan fingerprint density at radius 1 is 1.22 bits per heavy atom. The van der Waals surface area contributed by atoms with E-state index in [1.54, 1.807) is 5.57 Å². The lowest BCUT2D eigenvalue weighted by atomic mass is 9.64. The summed E-state index contributed by atoms with van der Waals surface area (Å²) < 4.78 is 0. The third-order valence-corrected chi connectivity index (χ3v) is 5.15. The van der Waals surface area contributed by atoms with Crippen LogP contribution in [0.4, 0.5) is 0 Å². The molecule has 2 unspecified atom stereocenters.